The molecule has 68 heavy (non-hydrogen) atoms. The van der Waals surface area contributed by atoms with Crippen molar-refractivity contribution < 1.29 is 19.7 Å². The Hall–Kier alpha value is -8.28. The first-order valence-electron chi connectivity index (χ1n) is 23.3. The largest absolute Gasteiger partial charge is 0.491 e. The Morgan fingerprint density at radius 3 is 0.912 bits per heavy atom. The highest BCUT2D eigenvalue weighted by Gasteiger charge is 2.25. The topological polar surface area (TPSA) is 58.9 Å². The fraction of sp³-hybridized carbons (Fsp3) is 0.0625. The van der Waals surface area contributed by atoms with Gasteiger partial charge in [0, 0.05) is 11.1 Å². The molecule has 0 amide bonds. The molecule has 0 spiro atoms. The molecule has 326 valence electrons. The van der Waals surface area contributed by atoms with Gasteiger partial charge in [-0.15, -0.1) is 0 Å². The van der Waals surface area contributed by atoms with E-state index in [0.717, 1.165) is 98.7 Å². The lowest BCUT2D eigenvalue weighted by Gasteiger charge is -2.23. The maximum atomic E-state index is 10.4. The van der Waals surface area contributed by atoms with E-state index in [-0.39, 0.29) is 26.4 Å². The van der Waals surface area contributed by atoms with Gasteiger partial charge in [0.2, 0.25) is 0 Å². The van der Waals surface area contributed by atoms with Gasteiger partial charge >= 0.3 is 0 Å². The first-order valence-corrected chi connectivity index (χ1v) is 23.3. The fourth-order valence-corrected chi connectivity index (χ4v) is 10.1. The third-order valence-electron chi connectivity index (χ3n) is 13.4. The molecular formula is C64H46O4. The van der Waals surface area contributed by atoms with Crippen LogP contribution in [0.2, 0.25) is 0 Å². The summed E-state index contributed by atoms with van der Waals surface area (Å²) in [6.07, 6.45) is 0. The van der Waals surface area contributed by atoms with Crippen molar-refractivity contribution in [3.63, 3.8) is 0 Å². The molecule has 4 heteroatoms. The average Bonchev–Trinajstić information content (AvgIpc) is 3.40. The molecule has 0 aromatic heterocycles. The van der Waals surface area contributed by atoms with Gasteiger partial charge in [0.15, 0.2) is 0 Å². The molecule has 12 aromatic carbocycles. The van der Waals surface area contributed by atoms with E-state index in [1.165, 1.54) is 21.5 Å². The standard InChI is InChI=1S/C64H46O4/c65-29-31-67-61-39-57(53-23-19-43-11-3-7-15-47(43)35-53)59-37-51(49-21-17-41-9-1-5-13-45(41)33-49)25-27-55(59)63(61)64-56-28-26-52(50-22-18-42-10-2-6-14-46(42)34-50)38-60(56)58(40-62(64)68-32-30-66)54-24-20-44-12-4-8-16-48(44)36-54/h1-28,33-40,65-66H,29-32H2. The first kappa shape index (κ1) is 41.2. The minimum absolute atomic E-state index is 0.0941. The van der Waals surface area contributed by atoms with Gasteiger partial charge in [0.05, 0.1) is 13.2 Å². The van der Waals surface area contributed by atoms with E-state index < -0.39 is 0 Å². The number of rotatable bonds is 11. The Morgan fingerprint density at radius 1 is 0.265 bits per heavy atom. The van der Waals surface area contributed by atoms with Gasteiger partial charge in [-0.3, -0.25) is 0 Å². The minimum Gasteiger partial charge on any atom is -0.491 e. The number of ether oxygens (including phenoxy) is 2. The van der Waals surface area contributed by atoms with Crippen molar-refractivity contribution in [2.45, 2.75) is 0 Å². The van der Waals surface area contributed by atoms with Crippen molar-refractivity contribution in [2.75, 3.05) is 26.4 Å². The molecular weight excluding hydrogens is 833 g/mol. The number of hydrogen-bond donors (Lipinski definition) is 2. The van der Waals surface area contributed by atoms with Crippen molar-refractivity contribution in [1.29, 1.82) is 0 Å². The molecule has 0 heterocycles. The van der Waals surface area contributed by atoms with Gasteiger partial charge in [-0.25, -0.2) is 0 Å². The van der Waals surface area contributed by atoms with Crippen molar-refractivity contribution in [3.05, 3.63) is 218 Å². The van der Waals surface area contributed by atoms with E-state index in [9.17, 15) is 10.2 Å². The quantitative estimate of drug-likeness (QED) is 0.136. The van der Waals surface area contributed by atoms with Crippen LogP contribution in [0.4, 0.5) is 0 Å². The van der Waals surface area contributed by atoms with Gasteiger partial charge in [-0.2, -0.15) is 0 Å². The molecule has 0 atom stereocenters. The molecule has 2 N–H and O–H groups in total. The van der Waals surface area contributed by atoms with Crippen LogP contribution in [0.5, 0.6) is 11.5 Å². The van der Waals surface area contributed by atoms with E-state index in [1.54, 1.807) is 0 Å². The SMILES string of the molecule is OCCOc1cc(-c2ccc3ccccc3c2)c2cc(-c3ccc4ccccc4c3)ccc2c1-c1c(OCCO)cc(-c2ccc3ccccc3c2)c2cc(-c3ccc4ccccc4c3)ccc12. The Kier molecular flexibility index (Phi) is 10.6. The van der Waals surface area contributed by atoms with E-state index in [2.05, 4.69) is 218 Å². The molecule has 0 saturated heterocycles. The Morgan fingerprint density at radius 2 is 0.559 bits per heavy atom. The predicted octanol–water partition coefficient (Wildman–Crippen LogP) is 15.7. The summed E-state index contributed by atoms with van der Waals surface area (Å²) < 4.78 is 13.4. The van der Waals surface area contributed by atoms with Crippen molar-refractivity contribution in [2.24, 2.45) is 0 Å². The van der Waals surface area contributed by atoms with E-state index in [0.29, 0.717) is 11.5 Å². The number of aliphatic hydroxyl groups excluding tert-OH is 2. The first-order chi connectivity index (χ1) is 33.6. The number of benzene rings is 12. The number of aliphatic hydroxyl groups is 2. The highest BCUT2D eigenvalue weighted by molar-refractivity contribution is 6.17. The van der Waals surface area contributed by atoms with Crippen LogP contribution in [0.25, 0.3) is 120 Å². The molecule has 0 unspecified atom stereocenters. The highest BCUT2D eigenvalue weighted by Crippen LogP contribution is 2.52. The summed E-state index contributed by atoms with van der Waals surface area (Å²) in [5, 5.41) is 34.1. The third-order valence-corrected chi connectivity index (χ3v) is 13.4. The van der Waals surface area contributed by atoms with Crippen LogP contribution in [-0.4, -0.2) is 36.6 Å². The van der Waals surface area contributed by atoms with Crippen LogP contribution in [-0.2, 0) is 0 Å². The summed E-state index contributed by atoms with van der Waals surface area (Å²) in [6.45, 7) is -0.129. The second-order valence-electron chi connectivity index (χ2n) is 17.5. The summed E-state index contributed by atoms with van der Waals surface area (Å²) in [5.41, 5.74) is 10.3. The molecule has 0 bridgehead atoms. The molecule has 0 aliphatic heterocycles. The van der Waals surface area contributed by atoms with Crippen LogP contribution in [0.3, 0.4) is 0 Å². The highest BCUT2D eigenvalue weighted by atomic mass is 16.5. The molecule has 12 aromatic rings. The van der Waals surface area contributed by atoms with Crippen LogP contribution in [0.1, 0.15) is 0 Å². The minimum atomic E-state index is -0.158. The van der Waals surface area contributed by atoms with Crippen LogP contribution < -0.4 is 9.47 Å². The van der Waals surface area contributed by atoms with Gasteiger partial charge in [-0.05, 0) is 158 Å². The average molecular weight is 879 g/mol. The van der Waals surface area contributed by atoms with E-state index in [4.69, 9.17) is 9.47 Å². The Bertz CT molecular complexity index is 3650. The lowest BCUT2D eigenvalue weighted by molar-refractivity contribution is 0.200. The number of fused-ring (bicyclic) bond motifs is 6. The molecule has 0 aliphatic rings. The molecule has 0 radical (unpaired) electrons. The van der Waals surface area contributed by atoms with Crippen molar-refractivity contribution in [3.8, 4) is 67.1 Å². The lowest BCUT2D eigenvalue weighted by Crippen LogP contribution is -2.06. The summed E-state index contributed by atoms with van der Waals surface area (Å²) >= 11 is 0. The maximum absolute atomic E-state index is 10.4. The zero-order valence-corrected chi connectivity index (χ0v) is 37.3. The molecule has 4 nitrogen and oxygen atoms in total. The molecule has 0 saturated carbocycles. The second kappa shape index (κ2) is 17.5. The van der Waals surface area contributed by atoms with Gasteiger partial charge in [-0.1, -0.05) is 170 Å². The second-order valence-corrected chi connectivity index (χ2v) is 17.5. The lowest BCUT2D eigenvalue weighted by atomic mass is 9.84. The zero-order chi connectivity index (χ0) is 45.6. The summed E-state index contributed by atoms with van der Waals surface area (Å²) in [4.78, 5) is 0. The molecule has 12 rings (SSSR count). The van der Waals surface area contributed by atoms with Crippen LogP contribution >= 0.6 is 0 Å². The predicted molar refractivity (Wildman–Crippen MR) is 284 cm³/mol. The Balaban J connectivity index is 1.17. The van der Waals surface area contributed by atoms with Gasteiger partial charge in [0.25, 0.3) is 0 Å². The van der Waals surface area contributed by atoms with Gasteiger partial charge < -0.3 is 19.7 Å². The molecule has 0 fully saturated rings. The monoisotopic (exact) mass is 878 g/mol. The van der Waals surface area contributed by atoms with E-state index in [1.807, 2.05) is 0 Å². The Labute approximate surface area is 394 Å². The smallest absolute Gasteiger partial charge is 0.128 e. The van der Waals surface area contributed by atoms with Crippen LogP contribution in [0.15, 0.2) is 218 Å². The zero-order valence-electron chi connectivity index (χ0n) is 37.3. The number of hydrogen-bond acceptors (Lipinski definition) is 4. The maximum Gasteiger partial charge on any atom is 0.128 e. The normalized spacial score (nSPS) is 11.6. The summed E-state index contributed by atoms with van der Waals surface area (Å²) in [6, 6.07) is 78.1. The van der Waals surface area contributed by atoms with Crippen molar-refractivity contribution in [1.82, 2.24) is 0 Å². The fourth-order valence-electron chi connectivity index (χ4n) is 10.1. The molecule has 0 aliphatic carbocycles. The third kappa shape index (κ3) is 7.46. The van der Waals surface area contributed by atoms with Crippen LogP contribution in [0, 0.1) is 0 Å². The summed E-state index contributed by atoms with van der Waals surface area (Å²) in [5.74, 6) is 1.25. The van der Waals surface area contributed by atoms with Gasteiger partial charge in [0.1, 0.15) is 24.7 Å². The summed E-state index contributed by atoms with van der Waals surface area (Å²) in [7, 11) is 0. The van der Waals surface area contributed by atoms with Crippen molar-refractivity contribution >= 4 is 64.6 Å². The van der Waals surface area contributed by atoms with E-state index >= 15 is 0 Å².